The maximum Gasteiger partial charge on any atom is 0.134 e. The fraction of sp³-hybridized carbons (Fsp3) is 0.222. The van der Waals surface area contributed by atoms with Crippen molar-refractivity contribution in [3.63, 3.8) is 0 Å². The summed E-state index contributed by atoms with van der Waals surface area (Å²) in [5.74, 6) is 0. The lowest BCUT2D eigenvalue weighted by Crippen LogP contribution is -1.94. The topological polar surface area (TPSA) is 17.8 Å². The molecule has 4 heteroatoms. The standard InChI is InChI=1S/C9H8Cl2N2/c1-2-13-9(11)7-4-3-6(10)5-8(7)12-13/h3-5H,2H2,1H3. The molecular weight excluding hydrogens is 207 g/mol. The van der Waals surface area contributed by atoms with E-state index < -0.39 is 0 Å². The molecule has 0 saturated carbocycles. The lowest BCUT2D eigenvalue weighted by molar-refractivity contribution is 0.669. The molecule has 0 atom stereocenters. The lowest BCUT2D eigenvalue weighted by Gasteiger charge is -1.93. The van der Waals surface area contributed by atoms with Crippen molar-refractivity contribution >= 4 is 34.1 Å². The Labute approximate surface area is 86.1 Å². The van der Waals surface area contributed by atoms with Crippen molar-refractivity contribution in [2.45, 2.75) is 13.5 Å². The van der Waals surface area contributed by atoms with Gasteiger partial charge in [0.1, 0.15) is 5.15 Å². The summed E-state index contributed by atoms with van der Waals surface area (Å²) in [6.07, 6.45) is 0. The molecule has 0 spiro atoms. The second-order valence-electron chi connectivity index (χ2n) is 2.77. The number of nitrogens with zero attached hydrogens (tertiary/aromatic N) is 2. The van der Waals surface area contributed by atoms with Crippen LogP contribution in [0.3, 0.4) is 0 Å². The van der Waals surface area contributed by atoms with Crippen molar-refractivity contribution in [1.29, 1.82) is 0 Å². The Bertz CT molecular complexity index is 448. The van der Waals surface area contributed by atoms with E-state index in [1.165, 1.54) is 0 Å². The van der Waals surface area contributed by atoms with Gasteiger partial charge in [-0.3, -0.25) is 4.68 Å². The van der Waals surface area contributed by atoms with Crippen molar-refractivity contribution in [2.24, 2.45) is 0 Å². The maximum atomic E-state index is 6.07. The number of halogens is 2. The fourth-order valence-electron chi connectivity index (χ4n) is 1.28. The normalized spacial score (nSPS) is 11.0. The molecule has 0 unspecified atom stereocenters. The predicted octanol–water partition coefficient (Wildman–Crippen LogP) is 3.36. The molecular formula is C9H8Cl2N2. The Morgan fingerprint density at radius 3 is 2.85 bits per heavy atom. The van der Waals surface area contributed by atoms with Gasteiger partial charge < -0.3 is 0 Å². The van der Waals surface area contributed by atoms with Crippen molar-refractivity contribution in [3.8, 4) is 0 Å². The Morgan fingerprint density at radius 1 is 1.38 bits per heavy atom. The smallest absolute Gasteiger partial charge is 0.134 e. The molecule has 0 saturated heterocycles. The van der Waals surface area contributed by atoms with E-state index in [2.05, 4.69) is 5.10 Å². The first-order valence-corrected chi connectivity index (χ1v) is 4.79. The summed E-state index contributed by atoms with van der Waals surface area (Å²) >= 11 is 11.9. The maximum absolute atomic E-state index is 6.07. The van der Waals surface area contributed by atoms with E-state index in [9.17, 15) is 0 Å². The third-order valence-electron chi connectivity index (χ3n) is 1.94. The van der Waals surface area contributed by atoms with Gasteiger partial charge >= 0.3 is 0 Å². The monoisotopic (exact) mass is 214 g/mol. The van der Waals surface area contributed by atoms with E-state index in [0.29, 0.717) is 10.2 Å². The quantitative estimate of drug-likeness (QED) is 0.713. The molecule has 0 aliphatic carbocycles. The minimum absolute atomic E-state index is 0.675. The van der Waals surface area contributed by atoms with Crippen molar-refractivity contribution < 1.29 is 0 Å². The summed E-state index contributed by atoms with van der Waals surface area (Å²) in [6, 6.07) is 5.52. The van der Waals surface area contributed by atoms with Crippen molar-refractivity contribution in [1.82, 2.24) is 9.78 Å². The van der Waals surface area contributed by atoms with E-state index in [-0.39, 0.29) is 0 Å². The van der Waals surface area contributed by atoms with Gasteiger partial charge in [0.05, 0.1) is 5.52 Å². The third-order valence-corrected chi connectivity index (χ3v) is 2.57. The van der Waals surface area contributed by atoms with E-state index in [4.69, 9.17) is 23.2 Å². The number of aromatic nitrogens is 2. The highest BCUT2D eigenvalue weighted by atomic mass is 35.5. The second kappa shape index (κ2) is 3.20. The second-order valence-corrected chi connectivity index (χ2v) is 3.56. The molecule has 0 radical (unpaired) electrons. The Balaban J connectivity index is 2.76. The first-order valence-electron chi connectivity index (χ1n) is 4.04. The van der Waals surface area contributed by atoms with Gasteiger partial charge in [0.25, 0.3) is 0 Å². The van der Waals surface area contributed by atoms with Crippen LogP contribution in [0.15, 0.2) is 18.2 Å². The van der Waals surface area contributed by atoms with Gasteiger partial charge in [-0.2, -0.15) is 5.10 Å². The number of benzene rings is 1. The molecule has 2 nitrogen and oxygen atoms in total. The van der Waals surface area contributed by atoms with Crippen LogP contribution in [0.5, 0.6) is 0 Å². The number of aryl methyl sites for hydroxylation is 1. The lowest BCUT2D eigenvalue weighted by atomic mass is 10.3. The van der Waals surface area contributed by atoms with E-state index >= 15 is 0 Å². The number of rotatable bonds is 1. The minimum Gasteiger partial charge on any atom is -0.253 e. The Kier molecular flexibility index (Phi) is 2.18. The number of hydrogen-bond acceptors (Lipinski definition) is 1. The average molecular weight is 215 g/mol. The number of hydrogen-bond donors (Lipinski definition) is 0. The molecule has 2 rings (SSSR count). The van der Waals surface area contributed by atoms with Crippen molar-refractivity contribution in [2.75, 3.05) is 0 Å². The zero-order chi connectivity index (χ0) is 9.42. The zero-order valence-electron chi connectivity index (χ0n) is 7.09. The summed E-state index contributed by atoms with van der Waals surface area (Å²) in [5, 5.41) is 6.60. The van der Waals surface area contributed by atoms with Gasteiger partial charge in [0, 0.05) is 17.0 Å². The molecule has 1 heterocycles. The summed E-state index contributed by atoms with van der Waals surface area (Å²) in [6.45, 7) is 2.77. The first kappa shape index (κ1) is 8.85. The third kappa shape index (κ3) is 1.40. The highest BCUT2D eigenvalue weighted by Gasteiger charge is 2.07. The molecule has 0 aliphatic rings. The first-order chi connectivity index (χ1) is 6.22. The predicted molar refractivity (Wildman–Crippen MR) is 55.4 cm³/mol. The van der Waals surface area contributed by atoms with Crippen molar-refractivity contribution in [3.05, 3.63) is 28.4 Å². The zero-order valence-corrected chi connectivity index (χ0v) is 8.60. The highest BCUT2D eigenvalue weighted by molar-refractivity contribution is 6.35. The van der Waals surface area contributed by atoms with Crippen LogP contribution >= 0.6 is 23.2 Å². The van der Waals surface area contributed by atoms with Crippen LogP contribution < -0.4 is 0 Å². The summed E-state index contributed by atoms with van der Waals surface area (Å²) in [4.78, 5) is 0. The van der Waals surface area contributed by atoms with Crippen LogP contribution in [-0.2, 0) is 6.54 Å². The highest BCUT2D eigenvalue weighted by Crippen LogP contribution is 2.25. The van der Waals surface area contributed by atoms with Crippen LogP contribution in [-0.4, -0.2) is 9.78 Å². The van der Waals surface area contributed by atoms with Crippen LogP contribution in [0.4, 0.5) is 0 Å². The molecule has 0 fully saturated rings. The van der Waals surface area contributed by atoms with Gasteiger partial charge in [-0.1, -0.05) is 23.2 Å². The van der Waals surface area contributed by atoms with Crippen LogP contribution in [0, 0.1) is 0 Å². The summed E-state index contributed by atoms with van der Waals surface area (Å²) < 4.78 is 1.75. The molecule has 1 aromatic heterocycles. The minimum atomic E-state index is 0.675. The van der Waals surface area contributed by atoms with Gasteiger partial charge in [0.15, 0.2) is 0 Å². The molecule has 68 valence electrons. The largest absolute Gasteiger partial charge is 0.253 e. The van der Waals surface area contributed by atoms with Crippen LogP contribution in [0.2, 0.25) is 10.2 Å². The van der Waals surface area contributed by atoms with E-state index in [1.54, 1.807) is 4.68 Å². The summed E-state index contributed by atoms with van der Waals surface area (Å²) in [7, 11) is 0. The van der Waals surface area contributed by atoms with Crippen LogP contribution in [0.1, 0.15) is 6.92 Å². The molecule has 2 aromatic rings. The van der Waals surface area contributed by atoms with Gasteiger partial charge in [-0.25, -0.2) is 0 Å². The molecule has 0 aliphatic heterocycles. The Morgan fingerprint density at radius 2 is 2.15 bits per heavy atom. The Hall–Kier alpha value is -0.730. The molecule has 1 aromatic carbocycles. The van der Waals surface area contributed by atoms with Crippen LogP contribution in [0.25, 0.3) is 10.9 Å². The summed E-state index contributed by atoms with van der Waals surface area (Å²) in [5.41, 5.74) is 0.847. The van der Waals surface area contributed by atoms with Gasteiger partial charge in [0.2, 0.25) is 0 Å². The SMILES string of the molecule is CCn1nc2cc(Cl)ccc2c1Cl. The average Bonchev–Trinajstić information content (AvgIpc) is 2.42. The molecule has 0 N–H and O–H groups in total. The molecule has 0 amide bonds. The van der Waals surface area contributed by atoms with E-state index in [0.717, 1.165) is 17.4 Å². The van der Waals surface area contributed by atoms with Gasteiger partial charge in [-0.05, 0) is 25.1 Å². The fourth-order valence-corrected chi connectivity index (χ4v) is 1.77. The molecule has 0 bridgehead atoms. The molecule has 13 heavy (non-hydrogen) atoms. The van der Waals surface area contributed by atoms with Gasteiger partial charge in [-0.15, -0.1) is 0 Å². The van der Waals surface area contributed by atoms with E-state index in [1.807, 2.05) is 25.1 Å². The number of fused-ring (bicyclic) bond motifs is 1.